The molecule has 0 amide bonds. The van der Waals surface area contributed by atoms with Crippen LogP contribution in [-0.4, -0.2) is 76.7 Å². The molecule has 1 aliphatic heterocycles. The minimum atomic E-state index is -1.20. The maximum Gasteiger partial charge on any atom is 0.320 e. The number of benzene rings is 1. The van der Waals surface area contributed by atoms with Crippen LogP contribution in [0.5, 0.6) is 0 Å². The predicted molar refractivity (Wildman–Crippen MR) is 123 cm³/mol. The summed E-state index contributed by atoms with van der Waals surface area (Å²) in [6, 6.07) is 8.87. The van der Waals surface area contributed by atoms with E-state index in [1.165, 1.54) is 17.2 Å². The van der Waals surface area contributed by atoms with Crippen LogP contribution in [-0.2, 0) is 26.2 Å². The van der Waals surface area contributed by atoms with Crippen molar-refractivity contribution in [2.24, 2.45) is 5.73 Å². The fourth-order valence-electron chi connectivity index (χ4n) is 3.83. The Morgan fingerprint density at radius 3 is 2.67 bits per heavy atom. The Labute approximate surface area is 192 Å². The maximum atomic E-state index is 11.2. The third kappa shape index (κ3) is 5.09. The van der Waals surface area contributed by atoms with Crippen LogP contribution in [0.1, 0.15) is 18.2 Å². The minimum absolute atomic E-state index is 0.211. The predicted octanol–water partition coefficient (Wildman–Crippen LogP) is -0.352. The molecular weight excluding hydrogens is 448 g/mol. The van der Waals surface area contributed by atoms with Crippen LogP contribution >= 0.6 is 0 Å². The van der Waals surface area contributed by atoms with Crippen LogP contribution in [0.15, 0.2) is 43.0 Å². The molecule has 7 N–H and O–H groups in total. The Kier molecular flexibility index (Phi) is 7.10. The topological polar surface area (TPSA) is 183 Å². The van der Waals surface area contributed by atoms with Crippen molar-refractivity contribution in [2.75, 3.05) is 17.2 Å². The van der Waals surface area contributed by atoms with E-state index >= 15 is 0 Å². The Bertz CT molecular complexity index is 1100. The number of anilines is 1. The van der Waals surface area contributed by atoms with E-state index < -0.39 is 36.6 Å². The van der Waals surface area contributed by atoms with E-state index in [-0.39, 0.29) is 16.7 Å². The average Bonchev–Trinajstić information content (AvgIpc) is 3.35. The van der Waals surface area contributed by atoms with E-state index in [4.69, 9.17) is 21.3 Å². The highest BCUT2D eigenvalue weighted by atomic mass is 32.2. The van der Waals surface area contributed by atoms with Gasteiger partial charge < -0.3 is 31.5 Å². The van der Waals surface area contributed by atoms with Crippen molar-refractivity contribution in [3.8, 4) is 0 Å². The molecular formula is C21H27N6O5S+. The number of carboxylic acids is 1. The first-order chi connectivity index (χ1) is 15.8. The lowest BCUT2D eigenvalue weighted by molar-refractivity contribution is -0.138. The number of aliphatic hydroxyl groups excluding tert-OH is 2. The Balaban J connectivity index is 1.51. The number of carbonyl (C=O) groups is 1. The zero-order valence-electron chi connectivity index (χ0n) is 17.8. The largest absolute Gasteiger partial charge is 0.480 e. The van der Waals surface area contributed by atoms with Crippen molar-refractivity contribution >= 4 is 33.8 Å². The highest BCUT2D eigenvalue weighted by molar-refractivity contribution is 7.96. The average molecular weight is 476 g/mol. The Morgan fingerprint density at radius 2 is 1.94 bits per heavy atom. The van der Waals surface area contributed by atoms with Crippen molar-refractivity contribution in [1.82, 2.24) is 19.5 Å². The monoisotopic (exact) mass is 475 g/mol. The number of aromatic nitrogens is 4. The summed E-state index contributed by atoms with van der Waals surface area (Å²) in [5, 5.41) is 30.6. The zero-order chi connectivity index (χ0) is 23.5. The van der Waals surface area contributed by atoms with Gasteiger partial charge in [-0.15, -0.1) is 0 Å². The van der Waals surface area contributed by atoms with Gasteiger partial charge in [-0.3, -0.25) is 9.36 Å². The molecule has 1 unspecified atom stereocenters. The molecule has 2 aromatic heterocycles. The van der Waals surface area contributed by atoms with Crippen molar-refractivity contribution in [3.05, 3.63) is 48.5 Å². The molecule has 0 aliphatic carbocycles. The summed E-state index contributed by atoms with van der Waals surface area (Å²) in [5.41, 5.74) is 13.4. The molecule has 11 nitrogen and oxygen atoms in total. The van der Waals surface area contributed by atoms with Gasteiger partial charge in [0.15, 0.2) is 17.7 Å². The second kappa shape index (κ2) is 10.0. The standard InChI is InChI=1S/C21H26N6O5S/c22-13(21(30)31)6-7-33(8-12-4-2-1-3-5-12)9-14-16(28)17(29)20(32-14)27-11-26-15-18(23)24-10-25-19(15)27/h1-5,10-11,13-14,16-17,20,28-29H,6-9,22H2,(H2-,23,24,25,30,31)/p+1/t13-,14+,16?,17-,20+,33+/m0/s1. The molecule has 1 fully saturated rings. The van der Waals surface area contributed by atoms with E-state index in [1.807, 2.05) is 30.3 Å². The van der Waals surface area contributed by atoms with Crippen molar-refractivity contribution in [1.29, 1.82) is 0 Å². The number of rotatable bonds is 9. The van der Waals surface area contributed by atoms with Crippen molar-refractivity contribution in [3.63, 3.8) is 0 Å². The van der Waals surface area contributed by atoms with Crippen LogP contribution in [0.25, 0.3) is 11.2 Å². The van der Waals surface area contributed by atoms with Gasteiger partial charge in [0.1, 0.15) is 53.5 Å². The van der Waals surface area contributed by atoms with Crippen LogP contribution < -0.4 is 11.5 Å². The summed E-state index contributed by atoms with van der Waals surface area (Å²) in [5.74, 6) is 0.868. The van der Waals surface area contributed by atoms with Gasteiger partial charge >= 0.3 is 5.97 Å². The number of aliphatic hydroxyl groups is 2. The first kappa shape index (κ1) is 23.4. The van der Waals surface area contributed by atoms with Crippen LogP contribution in [0.3, 0.4) is 0 Å². The van der Waals surface area contributed by atoms with E-state index in [9.17, 15) is 15.0 Å². The van der Waals surface area contributed by atoms with Gasteiger partial charge in [-0.2, -0.15) is 0 Å². The fraction of sp³-hybridized carbons (Fsp3) is 0.429. The number of nitrogens with two attached hydrogens (primary N) is 2. The molecule has 1 saturated heterocycles. The number of hydrogen-bond acceptors (Lipinski definition) is 9. The summed E-state index contributed by atoms with van der Waals surface area (Å²) in [6.07, 6.45) is -0.829. The number of aliphatic carboxylic acids is 1. The van der Waals surface area contributed by atoms with Gasteiger partial charge in [-0.1, -0.05) is 30.3 Å². The van der Waals surface area contributed by atoms with Crippen molar-refractivity contribution in [2.45, 2.75) is 42.8 Å². The minimum Gasteiger partial charge on any atom is -0.480 e. The first-order valence-electron chi connectivity index (χ1n) is 10.5. The number of fused-ring (bicyclic) bond motifs is 1. The number of nitrogen functional groups attached to an aromatic ring is 1. The van der Waals surface area contributed by atoms with E-state index in [2.05, 4.69) is 15.0 Å². The third-order valence-corrected chi connectivity index (χ3v) is 8.00. The lowest BCUT2D eigenvalue weighted by Gasteiger charge is -2.17. The summed E-state index contributed by atoms with van der Waals surface area (Å²) in [7, 11) is -0.341. The maximum absolute atomic E-state index is 11.2. The third-order valence-electron chi connectivity index (χ3n) is 5.65. The number of carboxylic acid groups (broad SMARTS) is 1. The second-order valence-corrected chi connectivity index (χ2v) is 10.2. The fourth-order valence-corrected chi connectivity index (χ4v) is 6.25. The molecule has 0 spiro atoms. The summed E-state index contributed by atoms with van der Waals surface area (Å²) >= 11 is 0. The summed E-state index contributed by atoms with van der Waals surface area (Å²) < 4.78 is 7.62. The van der Waals surface area contributed by atoms with Gasteiger partial charge in [0.25, 0.3) is 0 Å². The molecule has 6 atom stereocenters. The molecule has 176 valence electrons. The van der Waals surface area contributed by atoms with Crippen LogP contribution in [0, 0.1) is 0 Å². The first-order valence-corrected chi connectivity index (χ1v) is 12.2. The van der Waals surface area contributed by atoms with E-state index in [1.54, 1.807) is 0 Å². The molecule has 3 heterocycles. The van der Waals surface area contributed by atoms with E-state index in [0.29, 0.717) is 34.8 Å². The van der Waals surface area contributed by atoms with Crippen molar-refractivity contribution < 1.29 is 24.9 Å². The molecule has 0 bridgehead atoms. The normalized spacial score (nSPS) is 24.7. The van der Waals surface area contributed by atoms with Gasteiger partial charge in [-0.25, -0.2) is 15.0 Å². The smallest absolute Gasteiger partial charge is 0.320 e. The SMILES string of the molecule is Nc1ncnc2c1ncn2[C@@H]1O[C@H](C[S@+](CC[C@H](N)C(=O)O)Cc2ccccc2)C(O)[C@@H]1O. The molecule has 0 saturated carbocycles. The Morgan fingerprint density at radius 1 is 1.18 bits per heavy atom. The number of hydrogen-bond donors (Lipinski definition) is 5. The molecule has 1 aliphatic rings. The number of nitrogens with zero attached hydrogens (tertiary/aromatic N) is 4. The molecule has 12 heteroatoms. The van der Waals surface area contributed by atoms with Crippen LogP contribution in [0.4, 0.5) is 5.82 Å². The quantitative estimate of drug-likeness (QED) is 0.256. The summed E-state index contributed by atoms with van der Waals surface area (Å²) in [4.78, 5) is 23.5. The van der Waals surface area contributed by atoms with Gasteiger partial charge in [0, 0.05) is 12.0 Å². The highest BCUT2D eigenvalue weighted by Gasteiger charge is 2.47. The Hall–Kier alpha value is -2.77. The van der Waals surface area contributed by atoms with Crippen LogP contribution in [0.2, 0.25) is 0 Å². The zero-order valence-corrected chi connectivity index (χ0v) is 18.6. The van der Waals surface area contributed by atoms with Gasteiger partial charge in [0.05, 0.1) is 6.33 Å². The number of ether oxygens (including phenoxy) is 1. The summed E-state index contributed by atoms with van der Waals surface area (Å²) in [6.45, 7) is 0. The highest BCUT2D eigenvalue weighted by Crippen LogP contribution is 2.33. The van der Waals surface area contributed by atoms with E-state index in [0.717, 1.165) is 5.56 Å². The second-order valence-electron chi connectivity index (χ2n) is 7.98. The number of imidazole rings is 1. The lowest BCUT2D eigenvalue weighted by Crippen LogP contribution is -2.38. The van der Waals surface area contributed by atoms with Gasteiger partial charge in [-0.05, 0) is 10.9 Å². The molecule has 33 heavy (non-hydrogen) atoms. The molecule has 3 aromatic rings. The van der Waals surface area contributed by atoms with Gasteiger partial charge in [0.2, 0.25) is 0 Å². The lowest BCUT2D eigenvalue weighted by atomic mass is 10.1. The molecule has 1 aromatic carbocycles. The molecule has 4 rings (SSSR count). The molecule has 0 radical (unpaired) electrons.